The third-order valence-corrected chi connectivity index (χ3v) is 4.92. The molecule has 2 atom stereocenters. The lowest BCUT2D eigenvalue weighted by Gasteiger charge is -2.28. The second-order valence-electron chi connectivity index (χ2n) is 6.67. The molecule has 0 aromatic heterocycles. The maximum Gasteiger partial charge on any atom is 0.573 e. The molecule has 2 N–H and O–H groups in total. The maximum absolute atomic E-state index is 12.5. The lowest BCUT2D eigenvalue weighted by atomic mass is 9.98. The Morgan fingerprint density at radius 3 is 2.58 bits per heavy atom. The van der Waals surface area contributed by atoms with Crippen LogP contribution in [0.2, 0.25) is 0 Å². The number of ether oxygens (including phenoxy) is 1. The number of carbonyl (C=O) groups is 1. The number of para-hydroxylation sites is 1. The minimum absolute atomic E-state index is 0.107. The molecule has 1 amide bonds. The molecule has 1 aromatic rings. The molecule has 0 bridgehead atoms. The van der Waals surface area contributed by atoms with Crippen molar-refractivity contribution < 1.29 is 27.8 Å². The molecule has 1 aromatic carbocycles. The molecule has 0 radical (unpaired) electrons. The maximum atomic E-state index is 12.5. The van der Waals surface area contributed by atoms with Crippen LogP contribution >= 0.6 is 0 Å². The van der Waals surface area contributed by atoms with E-state index in [0.717, 1.165) is 25.7 Å². The quantitative estimate of drug-likeness (QED) is 0.864. The van der Waals surface area contributed by atoms with Gasteiger partial charge in [-0.25, -0.2) is 0 Å². The number of alkyl halides is 3. The zero-order valence-corrected chi connectivity index (χ0v) is 13.1. The van der Waals surface area contributed by atoms with Crippen molar-refractivity contribution in [2.45, 2.75) is 49.9 Å². The topological polar surface area (TPSA) is 58.6 Å². The third-order valence-electron chi connectivity index (χ3n) is 4.92. The van der Waals surface area contributed by atoms with Gasteiger partial charge in [0, 0.05) is 5.92 Å². The molecule has 0 spiro atoms. The van der Waals surface area contributed by atoms with Crippen LogP contribution in [0.25, 0.3) is 0 Å². The van der Waals surface area contributed by atoms with E-state index in [1.165, 1.54) is 12.1 Å². The zero-order chi connectivity index (χ0) is 17.4. The van der Waals surface area contributed by atoms with Crippen molar-refractivity contribution in [3.05, 3.63) is 29.8 Å². The second-order valence-corrected chi connectivity index (χ2v) is 6.67. The number of aliphatic hydroxyl groups is 1. The number of rotatable bonds is 5. The molecule has 4 nitrogen and oxygen atoms in total. The van der Waals surface area contributed by atoms with Gasteiger partial charge in [0.2, 0.25) is 5.91 Å². The van der Waals surface area contributed by atoms with Crippen LogP contribution in [0, 0.1) is 5.92 Å². The minimum Gasteiger partial charge on any atom is -0.405 e. The summed E-state index contributed by atoms with van der Waals surface area (Å²) in [7, 11) is 0. The van der Waals surface area contributed by atoms with Crippen molar-refractivity contribution in [2.75, 3.05) is 6.61 Å². The van der Waals surface area contributed by atoms with E-state index < -0.39 is 11.9 Å². The summed E-state index contributed by atoms with van der Waals surface area (Å²) < 4.78 is 41.6. The van der Waals surface area contributed by atoms with Crippen molar-refractivity contribution in [1.29, 1.82) is 0 Å². The highest BCUT2D eigenvalue weighted by atomic mass is 19.4. The SMILES string of the molecule is O=C(NC1(CO)CCCC1)C1CC1c1ccccc1OC(F)(F)F. The third kappa shape index (κ3) is 3.66. The highest BCUT2D eigenvalue weighted by Gasteiger charge is 2.48. The molecule has 2 fully saturated rings. The van der Waals surface area contributed by atoms with Gasteiger partial charge in [-0.1, -0.05) is 31.0 Å². The Bertz CT molecular complexity index is 611. The summed E-state index contributed by atoms with van der Waals surface area (Å²) in [5.74, 6) is -1.09. The molecule has 0 heterocycles. The van der Waals surface area contributed by atoms with Gasteiger partial charge in [0.25, 0.3) is 0 Å². The molecular weight excluding hydrogens is 323 g/mol. The van der Waals surface area contributed by atoms with E-state index in [4.69, 9.17) is 0 Å². The molecule has 24 heavy (non-hydrogen) atoms. The van der Waals surface area contributed by atoms with Crippen molar-refractivity contribution >= 4 is 5.91 Å². The van der Waals surface area contributed by atoms with E-state index in [-0.39, 0.29) is 30.1 Å². The van der Waals surface area contributed by atoms with Gasteiger partial charge < -0.3 is 15.2 Å². The molecule has 0 saturated heterocycles. The number of halogens is 3. The lowest BCUT2D eigenvalue weighted by molar-refractivity contribution is -0.274. The Kier molecular flexibility index (Phi) is 4.46. The van der Waals surface area contributed by atoms with Crippen molar-refractivity contribution in [2.24, 2.45) is 5.92 Å². The Hall–Kier alpha value is -1.76. The van der Waals surface area contributed by atoms with Crippen molar-refractivity contribution in [3.8, 4) is 5.75 Å². The van der Waals surface area contributed by atoms with Gasteiger partial charge in [0.05, 0.1) is 12.1 Å². The van der Waals surface area contributed by atoms with E-state index in [1.54, 1.807) is 12.1 Å². The zero-order valence-electron chi connectivity index (χ0n) is 13.1. The second kappa shape index (κ2) is 6.27. The molecule has 0 aliphatic heterocycles. The molecule has 3 rings (SSSR count). The van der Waals surface area contributed by atoms with Gasteiger partial charge in [-0.3, -0.25) is 4.79 Å². The first-order valence-corrected chi connectivity index (χ1v) is 8.11. The predicted molar refractivity (Wildman–Crippen MR) is 80.4 cm³/mol. The molecule has 2 saturated carbocycles. The van der Waals surface area contributed by atoms with Crippen molar-refractivity contribution in [1.82, 2.24) is 5.32 Å². The van der Waals surface area contributed by atoms with Gasteiger partial charge in [0.1, 0.15) is 5.75 Å². The lowest BCUT2D eigenvalue weighted by Crippen LogP contribution is -2.49. The molecule has 132 valence electrons. The fraction of sp³-hybridized carbons (Fsp3) is 0.588. The fourth-order valence-electron chi connectivity index (χ4n) is 3.56. The van der Waals surface area contributed by atoms with Gasteiger partial charge >= 0.3 is 6.36 Å². The summed E-state index contributed by atoms with van der Waals surface area (Å²) in [6, 6.07) is 5.94. The smallest absolute Gasteiger partial charge is 0.405 e. The molecule has 7 heteroatoms. The standard InChI is InChI=1S/C17H20F3NO3/c18-17(19,20)24-14-6-2-1-5-11(14)12-9-13(12)15(23)21-16(10-22)7-3-4-8-16/h1-2,5-6,12-13,22H,3-4,7-10H2,(H,21,23). The highest BCUT2D eigenvalue weighted by Crippen LogP contribution is 2.51. The first-order valence-electron chi connectivity index (χ1n) is 8.11. The summed E-state index contributed by atoms with van der Waals surface area (Å²) in [4.78, 5) is 12.4. The Morgan fingerprint density at radius 2 is 1.96 bits per heavy atom. The number of hydrogen-bond donors (Lipinski definition) is 2. The summed E-state index contributed by atoms with van der Waals surface area (Å²) in [6.07, 6.45) is -0.881. The first-order chi connectivity index (χ1) is 11.3. The Labute approximate surface area is 138 Å². The fourth-order valence-corrected chi connectivity index (χ4v) is 3.56. The number of carbonyl (C=O) groups excluding carboxylic acids is 1. The van der Waals surface area contributed by atoms with Crippen LogP contribution in [0.5, 0.6) is 5.75 Å². The first kappa shape index (κ1) is 17.1. The molecule has 2 aliphatic carbocycles. The van der Waals surface area contributed by atoms with Gasteiger partial charge in [-0.15, -0.1) is 13.2 Å². The minimum atomic E-state index is -4.76. The normalized spacial score (nSPS) is 25.3. The Morgan fingerprint density at radius 1 is 1.29 bits per heavy atom. The average molecular weight is 343 g/mol. The van der Waals surface area contributed by atoms with Crippen LogP contribution in [0.15, 0.2) is 24.3 Å². The summed E-state index contributed by atoms with van der Waals surface area (Å²) in [5.41, 5.74) is -0.161. The predicted octanol–water partition coefficient (Wildman–Crippen LogP) is 3.11. The van der Waals surface area contributed by atoms with Crippen LogP contribution in [-0.2, 0) is 4.79 Å². The van der Waals surface area contributed by atoms with E-state index >= 15 is 0 Å². The van der Waals surface area contributed by atoms with Crippen LogP contribution in [-0.4, -0.2) is 29.5 Å². The summed E-state index contributed by atoms with van der Waals surface area (Å²) >= 11 is 0. The largest absolute Gasteiger partial charge is 0.573 e. The summed E-state index contributed by atoms with van der Waals surface area (Å²) in [5, 5.41) is 12.5. The summed E-state index contributed by atoms with van der Waals surface area (Å²) in [6.45, 7) is -0.107. The number of benzene rings is 1. The van der Waals surface area contributed by atoms with Crippen LogP contribution in [0.1, 0.15) is 43.6 Å². The van der Waals surface area contributed by atoms with E-state index in [0.29, 0.717) is 12.0 Å². The van der Waals surface area contributed by atoms with Crippen molar-refractivity contribution in [3.63, 3.8) is 0 Å². The van der Waals surface area contributed by atoms with Crippen LogP contribution in [0.4, 0.5) is 13.2 Å². The van der Waals surface area contributed by atoms with E-state index in [2.05, 4.69) is 10.1 Å². The number of aliphatic hydroxyl groups excluding tert-OH is 1. The van der Waals surface area contributed by atoms with Crippen LogP contribution in [0.3, 0.4) is 0 Å². The van der Waals surface area contributed by atoms with Gasteiger partial charge in [-0.05, 0) is 36.8 Å². The van der Waals surface area contributed by atoms with Crippen LogP contribution < -0.4 is 10.1 Å². The Balaban J connectivity index is 1.68. The number of nitrogens with one attached hydrogen (secondary N) is 1. The number of amides is 1. The molecule has 2 unspecified atom stereocenters. The average Bonchev–Trinajstić information content (AvgIpc) is 3.18. The number of hydrogen-bond acceptors (Lipinski definition) is 3. The van der Waals surface area contributed by atoms with Gasteiger partial charge in [0.15, 0.2) is 0 Å². The molecule has 2 aliphatic rings. The van der Waals surface area contributed by atoms with Gasteiger partial charge in [-0.2, -0.15) is 0 Å². The monoisotopic (exact) mass is 343 g/mol. The highest BCUT2D eigenvalue weighted by molar-refractivity contribution is 5.84. The van der Waals surface area contributed by atoms with E-state index in [1.807, 2.05) is 0 Å². The molecular formula is C17H20F3NO3. The van der Waals surface area contributed by atoms with E-state index in [9.17, 15) is 23.1 Å².